The Morgan fingerprint density at radius 1 is 1.60 bits per heavy atom. The number of nitro groups is 1. The van der Waals surface area contributed by atoms with Crippen molar-refractivity contribution in [3.8, 4) is 0 Å². The van der Waals surface area contributed by atoms with Crippen LogP contribution in [0.15, 0.2) is 10.7 Å². The highest BCUT2D eigenvalue weighted by molar-refractivity contribution is 9.10. The van der Waals surface area contributed by atoms with Crippen LogP contribution in [0.5, 0.6) is 0 Å². The quantitative estimate of drug-likeness (QED) is 0.484. The zero-order valence-electron chi connectivity index (χ0n) is 6.99. The Kier molecular flexibility index (Phi) is 3.40. The lowest BCUT2D eigenvalue weighted by Crippen LogP contribution is -2.04. The number of aldehydes is 1. The molecule has 0 bridgehead atoms. The summed E-state index contributed by atoms with van der Waals surface area (Å²) in [7, 11) is 0. The number of rotatable bonds is 3. The van der Waals surface area contributed by atoms with E-state index >= 15 is 0 Å². The summed E-state index contributed by atoms with van der Waals surface area (Å²) in [5, 5.41) is 10.4. The van der Waals surface area contributed by atoms with Crippen molar-refractivity contribution in [1.29, 1.82) is 0 Å². The van der Waals surface area contributed by atoms with Gasteiger partial charge in [-0.05, 0) is 25.8 Å². The molecule has 1 aromatic heterocycles. The fourth-order valence-corrected chi connectivity index (χ4v) is 1.40. The molecule has 1 heterocycles. The van der Waals surface area contributed by atoms with E-state index in [-0.39, 0.29) is 10.8 Å². The molecule has 8 heteroatoms. The molecule has 0 radical (unpaired) electrons. The summed E-state index contributed by atoms with van der Waals surface area (Å²) in [4.78, 5) is 23.1. The molecule has 0 aromatic carbocycles. The lowest BCUT2D eigenvalue weighted by Gasteiger charge is -2.04. The maximum atomic E-state index is 12.5. The number of hydrogen-bond donors (Lipinski definition) is 0. The van der Waals surface area contributed by atoms with E-state index in [1.165, 1.54) is 0 Å². The highest BCUT2D eigenvalue weighted by atomic mass is 79.9. The van der Waals surface area contributed by atoms with Crippen LogP contribution in [-0.4, -0.2) is 16.2 Å². The van der Waals surface area contributed by atoms with Crippen LogP contribution in [0.25, 0.3) is 0 Å². The number of alkyl halides is 2. The number of halogens is 3. The molecule has 1 rings (SSSR count). The molecule has 15 heavy (non-hydrogen) atoms. The van der Waals surface area contributed by atoms with Crippen LogP contribution in [0.2, 0.25) is 0 Å². The fraction of sp³-hybridized carbons (Fsp3) is 0.143. The zero-order chi connectivity index (χ0) is 11.6. The summed E-state index contributed by atoms with van der Waals surface area (Å²) >= 11 is 2.81. The van der Waals surface area contributed by atoms with E-state index in [1.807, 2.05) is 0 Å². The van der Waals surface area contributed by atoms with Crippen LogP contribution < -0.4 is 0 Å². The zero-order valence-corrected chi connectivity index (χ0v) is 8.57. The second-order valence-electron chi connectivity index (χ2n) is 2.43. The first kappa shape index (κ1) is 11.6. The van der Waals surface area contributed by atoms with Crippen molar-refractivity contribution in [3.63, 3.8) is 0 Å². The van der Waals surface area contributed by atoms with Gasteiger partial charge in [-0.2, -0.15) is 0 Å². The normalized spacial score (nSPS) is 10.4. The average Bonchev–Trinajstić information content (AvgIpc) is 2.16. The first-order chi connectivity index (χ1) is 6.99. The van der Waals surface area contributed by atoms with Gasteiger partial charge in [-0.1, -0.05) is 0 Å². The standard InChI is InChI=1S/C7H3BrF2N2O3/c8-4-1-11-7(12(14)15)5(6(9)10)3(4)2-13/h1-2,6H. The van der Waals surface area contributed by atoms with Gasteiger partial charge in [-0.25, -0.2) is 8.78 Å². The van der Waals surface area contributed by atoms with E-state index in [9.17, 15) is 23.7 Å². The highest BCUT2D eigenvalue weighted by Crippen LogP contribution is 2.33. The first-order valence-electron chi connectivity index (χ1n) is 3.55. The molecule has 0 aliphatic heterocycles. The van der Waals surface area contributed by atoms with Gasteiger partial charge in [-0.3, -0.25) is 4.79 Å². The van der Waals surface area contributed by atoms with Crippen molar-refractivity contribution in [2.75, 3.05) is 0 Å². The summed E-state index contributed by atoms with van der Waals surface area (Å²) in [5.74, 6) is -1.00. The molecule has 0 saturated heterocycles. The molecule has 0 atom stereocenters. The van der Waals surface area contributed by atoms with Crippen molar-refractivity contribution >= 4 is 28.0 Å². The molecule has 0 fully saturated rings. The Hall–Kier alpha value is -1.44. The van der Waals surface area contributed by atoms with E-state index in [4.69, 9.17) is 0 Å². The smallest absolute Gasteiger partial charge is 0.358 e. The molecular weight excluding hydrogens is 278 g/mol. The lowest BCUT2D eigenvalue weighted by molar-refractivity contribution is -0.391. The molecule has 0 amide bonds. The average molecular weight is 281 g/mol. The van der Waals surface area contributed by atoms with Gasteiger partial charge in [0.15, 0.2) is 12.5 Å². The van der Waals surface area contributed by atoms with Crippen LogP contribution in [0.3, 0.4) is 0 Å². The predicted octanol–water partition coefficient (Wildman–Crippen LogP) is 2.50. The molecule has 80 valence electrons. The third-order valence-electron chi connectivity index (χ3n) is 1.60. The van der Waals surface area contributed by atoms with E-state index in [0.717, 1.165) is 6.20 Å². The van der Waals surface area contributed by atoms with E-state index in [1.54, 1.807) is 0 Å². The summed E-state index contributed by atoms with van der Waals surface area (Å²) in [6, 6.07) is 0. The summed E-state index contributed by atoms with van der Waals surface area (Å²) in [5.41, 5.74) is -1.42. The van der Waals surface area contributed by atoms with Gasteiger partial charge in [0, 0.05) is 5.56 Å². The molecule has 0 unspecified atom stereocenters. The second-order valence-corrected chi connectivity index (χ2v) is 3.29. The van der Waals surface area contributed by atoms with E-state index in [0.29, 0.717) is 0 Å². The number of hydrogen-bond acceptors (Lipinski definition) is 4. The minimum atomic E-state index is -3.13. The van der Waals surface area contributed by atoms with Gasteiger partial charge >= 0.3 is 5.82 Å². The third kappa shape index (κ3) is 2.14. The number of carbonyl (C=O) groups excluding carboxylic acids is 1. The SMILES string of the molecule is O=Cc1c(Br)cnc([N+](=O)[O-])c1C(F)F. The van der Waals surface area contributed by atoms with Crippen LogP contribution in [0.4, 0.5) is 14.6 Å². The summed E-state index contributed by atoms with van der Waals surface area (Å²) in [6.45, 7) is 0. The van der Waals surface area contributed by atoms with Crippen molar-refractivity contribution in [1.82, 2.24) is 4.98 Å². The summed E-state index contributed by atoms with van der Waals surface area (Å²) < 4.78 is 25.0. The molecular formula is C7H3BrF2N2O3. The molecule has 0 saturated carbocycles. The Balaban J connectivity index is 3.56. The summed E-state index contributed by atoms with van der Waals surface area (Å²) in [6.07, 6.45) is -2.07. The number of nitrogens with zero attached hydrogens (tertiary/aromatic N) is 2. The van der Waals surface area contributed by atoms with Crippen molar-refractivity contribution < 1.29 is 18.5 Å². The van der Waals surface area contributed by atoms with Gasteiger partial charge in [-0.15, -0.1) is 0 Å². The largest absolute Gasteiger partial charge is 0.373 e. The van der Waals surface area contributed by atoms with Crippen LogP contribution >= 0.6 is 15.9 Å². The van der Waals surface area contributed by atoms with Crippen LogP contribution in [-0.2, 0) is 0 Å². The second kappa shape index (κ2) is 4.39. The Labute approximate surface area is 90.4 Å². The van der Waals surface area contributed by atoms with Crippen LogP contribution in [0.1, 0.15) is 22.3 Å². The van der Waals surface area contributed by atoms with Crippen LogP contribution in [0, 0.1) is 10.1 Å². The van der Waals surface area contributed by atoms with Gasteiger partial charge in [0.05, 0.1) is 4.47 Å². The first-order valence-corrected chi connectivity index (χ1v) is 4.34. The van der Waals surface area contributed by atoms with Gasteiger partial charge in [0.25, 0.3) is 6.43 Å². The van der Waals surface area contributed by atoms with Crippen molar-refractivity contribution in [2.24, 2.45) is 0 Å². The Morgan fingerprint density at radius 3 is 2.60 bits per heavy atom. The van der Waals surface area contributed by atoms with Gasteiger partial charge < -0.3 is 10.1 Å². The van der Waals surface area contributed by atoms with Gasteiger partial charge in [0.1, 0.15) is 5.56 Å². The van der Waals surface area contributed by atoms with Gasteiger partial charge in [0.2, 0.25) is 0 Å². The molecule has 0 aliphatic carbocycles. The maximum absolute atomic E-state index is 12.5. The highest BCUT2D eigenvalue weighted by Gasteiger charge is 2.28. The monoisotopic (exact) mass is 280 g/mol. The molecule has 5 nitrogen and oxygen atoms in total. The molecule has 0 spiro atoms. The minimum Gasteiger partial charge on any atom is -0.358 e. The number of pyridine rings is 1. The maximum Gasteiger partial charge on any atom is 0.373 e. The Bertz CT molecular complexity index is 425. The molecule has 1 aromatic rings. The predicted molar refractivity (Wildman–Crippen MR) is 48.9 cm³/mol. The molecule has 0 N–H and O–H groups in total. The number of carbonyl (C=O) groups is 1. The minimum absolute atomic E-state index is 0.00148. The number of aromatic nitrogens is 1. The fourth-order valence-electron chi connectivity index (χ4n) is 0.986. The topological polar surface area (TPSA) is 73.1 Å². The van der Waals surface area contributed by atoms with E-state index in [2.05, 4.69) is 20.9 Å². The Morgan fingerprint density at radius 2 is 2.20 bits per heavy atom. The molecule has 0 aliphatic rings. The van der Waals surface area contributed by atoms with Crippen molar-refractivity contribution in [3.05, 3.63) is 31.9 Å². The lowest BCUT2D eigenvalue weighted by atomic mass is 10.1. The van der Waals surface area contributed by atoms with Crippen molar-refractivity contribution in [2.45, 2.75) is 6.43 Å². The van der Waals surface area contributed by atoms with E-state index < -0.39 is 28.3 Å². The third-order valence-corrected chi connectivity index (χ3v) is 2.23.